The average molecular weight is 364 g/mol. The number of carbonyl (C=O) groups excluding carboxylic acids is 1. The number of aromatic nitrogens is 2. The molecule has 1 unspecified atom stereocenters. The molecular weight excluding hydrogens is 340 g/mol. The van der Waals surface area contributed by atoms with Gasteiger partial charge in [-0.1, -0.05) is 37.3 Å². The maximum Gasteiger partial charge on any atom is 0.258 e. The van der Waals surface area contributed by atoms with Crippen molar-refractivity contribution in [1.29, 1.82) is 0 Å². The highest BCUT2D eigenvalue weighted by molar-refractivity contribution is 5.95. The van der Waals surface area contributed by atoms with Crippen LogP contribution >= 0.6 is 0 Å². The zero-order valence-electron chi connectivity index (χ0n) is 15.8. The molecule has 0 aliphatic heterocycles. The van der Waals surface area contributed by atoms with Crippen molar-refractivity contribution in [2.75, 3.05) is 11.9 Å². The third kappa shape index (κ3) is 4.23. The highest BCUT2D eigenvalue weighted by Crippen LogP contribution is 2.15. The Balaban J connectivity index is 1.77. The van der Waals surface area contributed by atoms with Gasteiger partial charge in [-0.3, -0.25) is 14.5 Å². The van der Waals surface area contributed by atoms with E-state index in [9.17, 15) is 9.59 Å². The minimum absolute atomic E-state index is 0.0886. The molecule has 1 heterocycles. The Kier molecular flexibility index (Phi) is 5.66. The van der Waals surface area contributed by atoms with Crippen LogP contribution in [0.4, 0.5) is 5.69 Å². The molecule has 0 bridgehead atoms. The van der Waals surface area contributed by atoms with Gasteiger partial charge in [0.15, 0.2) is 0 Å². The molecule has 6 nitrogen and oxygen atoms in total. The number of aromatic amines is 1. The molecule has 6 heteroatoms. The molecule has 27 heavy (non-hydrogen) atoms. The molecule has 1 atom stereocenters. The topological polar surface area (TPSA) is 78.1 Å². The maximum atomic E-state index is 12.7. The number of H-pyrrole nitrogens is 1. The summed E-state index contributed by atoms with van der Waals surface area (Å²) in [5, 5.41) is 3.54. The van der Waals surface area contributed by atoms with Crippen molar-refractivity contribution < 1.29 is 4.79 Å². The second kappa shape index (κ2) is 8.14. The lowest BCUT2D eigenvalue weighted by molar-refractivity contribution is -0.120. The Morgan fingerprint density at radius 2 is 1.89 bits per heavy atom. The lowest BCUT2D eigenvalue weighted by atomic mass is 10.2. The summed E-state index contributed by atoms with van der Waals surface area (Å²) < 4.78 is 0. The number of amides is 1. The molecule has 2 N–H and O–H groups in total. The second-order valence-electron chi connectivity index (χ2n) is 6.57. The average Bonchev–Trinajstić information content (AvgIpc) is 2.67. The molecule has 0 radical (unpaired) electrons. The van der Waals surface area contributed by atoms with Crippen molar-refractivity contribution in [1.82, 2.24) is 14.9 Å². The summed E-state index contributed by atoms with van der Waals surface area (Å²) in [5.41, 5.74) is 2.32. The molecule has 0 saturated heterocycles. The summed E-state index contributed by atoms with van der Waals surface area (Å²) in [7, 11) is 0. The molecule has 2 aromatic carbocycles. The number of carbonyl (C=O) groups is 1. The first kappa shape index (κ1) is 18.8. The number of rotatable bonds is 6. The minimum atomic E-state index is -0.369. The SMILES string of the molecule is CCN(Cc1nc2ccccc2c(=O)[nH]1)C(C)C(=O)Nc1ccccc1C. The van der Waals surface area contributed by atoms with Gasteiger partial charge < -0.3 is 10.3 Å². The first-order chi connectivity index (χ1) is 13.0. The predicted octanol–water partition coefficient (Wildman–Crippen LogP) is 3.08. The highest BCUT2D eigenvalue weighted by atomic mass is 16.2. The van der Waals surface area contributed by atoms with Gasteiger partial charge in [-0.15, -0.1) is 0 Å². The third-order valence-corrected chi connectivity index (χ3v) is 4.75. The van der Waals surface area contributed by atoms with Crippen LogP contribution in [-0.4, -0.2) is 33.4 Å². The molecule has 1 aromatic heterocycles. The number of nitrogens with zero attached hydrogens (tertiary/aromatic N) is 2. The van der Waals surface area contributed by atoms with Gasteiger partial charge in [0, 0.05) is 5.69 Å². The van der Waals surface area contributed by atoms with E-state index < -0.39 is 0 Å². The Labute approximate surface area is 158 Å². The van der Waals surface area contributed by atoms with E-state index in [1.807, 2.05) is 68.1 Å². The summed E-state index contributed by atoms with van der Waals surface area (Å²) in [4.78, 5) is 34.3. The van der Waals surface area contributed by atoms with E-state index in [0.717, 1.165) is 11.3 Å². The van der Waals surface area contributed by atoms with Crippen molar-refractivity contribution >= 4 is 22.5 Å². The zero-order valence-corrected chi connectivity index (χ0v) is 15.8. The summed E-state index contributed by atoms with van der Waals surface area (Å²) in [6, 6.07) is 14.6. The minimum Gasteiger partial charge on any atom is -0.324 e. The van der Waals surface area contributed by atoms with Crippen LogP contribution in [0.2, 0.25) is 0 Å². The van der Waals surface area contributed by atoms with Crippen LogP contribution < -0.4 is 10.9 Å². The number of fused-ring (bicyclic) bond motifs is 1. The van der Waals surface area contributed by atoms with Crippen molar-refractivity contribution in [3.05, 3.63) is 70.3 Å². The summed E-state index contributed by atoms with van der Waals surface area (Å²) in [6.07, 6.45) is 0. The van der Waals surface area contributed by atoms with Gasteiger partial charge in [-0.05, 0) is 44.2 Å². The molecular formula is C21H24N4O2. The molecule has 0 aliphatic carbocycles. The lowest BCUT2D eigenvalue weighted by Gasteiger charge is -2.26. The number of para-hydroxylation sites is 2. The Bertz CT molecular complexity index is 1010. The van der Waals surface area contributed by atoms with Crippen LogP contribution in [0.5, 0.6) is 0 Å². The molecule has 140 valence electrons. The van der Waals surface area contributed by atoms with Crippen molar-refractivity contribution in [3.8, 4) is 0 Å². The lowest BCUT2D eigenvalue weighted by Crippen LogP contribution is -2.42. The summed E-state index contributed by atoms with van der Waals surface area (Å²) >= 11 is 0. The van der Waals surface area contributed by atoms with Gasteiger partial charge in [0.1, 0.15) is 5.82 Å². The second-order valence-corrected chi connectivity index (χ2v) is 6.57. The number of likely N-dealkylation sites (N-methyl/N-ethyl adjacent to an activating group) is 1. The fraction of sp³-hybridized carbons (Fsp3) is 0.286. The van der Waals surface area contributed by atoms with Gasteiger partial charge in [0.2, 0.25) is 5.91 Å². The van der Waals surface area contributed by atoms with E-state index in [2.05, 4.69) is 15.3 Å². The number of nitrogens with one attached hydrogen (secondary N) is 2. The third-order valence-electron chi connectivity index (χ3n) is 4.75. The summed E-state index contributed by atoms with van der Waals surface area (Å²) in [6.45, 7) is 6.84. The van der Waals surface area contributed by atoms with E-state index in [-0.39, 0.29) is 17.5 Å². The molecule has 0 fully saturated rings. The molecule has 3 rings (SSSR count). The molecule has 0 spiro atoms. The van der Waals surface area contributed by atoms with Crippen molar-refractivity contribution in [3.63, 3.8) is 0 Å². The van der Waals surface area contributed by atoms with Crippen molar-refractivity contribution in [2.45, 2.75) is 33.4 Å². The highest BCUT2D eigenvalue weighted by Gasteiger charge is 2.21. The van der Waals surface area contributed by atoms with Crippen LogP contribution in [0.1, 0.15) is 25.2 Å². The van der Waals surface area contributed by atoms with Crippen LogP contribution in [-0.2, 0) is 11.3 Å². The van der Waals surface area contributed by atoms with E-state index in [4.69, 9.17) is 0 Å². The van der Waals surface area contributed by atoms with E-state index >= 15 is 0 Å². The Morgan fingerprint density at radius 1 is 1.19 bits per heavy atom. The van der Waals surface area contributed by atoms with Crippen LogP contribution in [0.3, 0.4) is 0 Å². The number of aryl methyl sites for hydroxylation is 1. The smallest absolute Gasteiger partial charge is 0.258 e. The van der Waals surface area contributed by atoms with Gasteiger partial charge in [-0.2, -0.15) is 0 Å². The van der Waals surface area contributed by atoms with E-state index in [1.54, 1.807) is 6.07 Å². The van der Waals surface area contributed by atoms with Gasteiger partial charge in [-0.25, -0.2) is 4.98 Å². The number of benzene rings is 2. The van der Waals surface area contributed by atoms with E-state index in [0.29, 0.717) is 29.8 Å². The predicted molar refractivity (Wildman–Crippen MR) is 108 cm³/mol. The zero-order chi connectivity index (χ0) is 19.4. The molecule has 0 aliphatic rings. The molecule has 3 aromatic rings. The van der Waals surface area contributed by atoms with Gasteiger partial charge >= 0.3 is 0 Å². The van der Waals surface area contributed by atoms with Crippen LogP contribution in [0.15, 0.2) is 53.3 Å². The first-order valence-corrected chi connectivity index (χ1v) is 9.08. The number of hydrogen-bond acceptors (Lipinski definition) is 4. The maximum absolute atomic E-state index is 12.7. The summed E-state index contributed by atoms with van der Waals surface area (Å²) in [5.74, 6) is 0.463. The van der Waals surface area contributed by atoms with Crippen LogP contribution in [0, 0.1) is 6.92 Å². The molecule has 1 amide bonds. The normalized spacial score (nSPS) is 12.3. The first-order valence-electron chi connectivity index (χ1n) is 9.08. The largest absolute Gasteiger partial charge is 0.324 e. The standard InChI is InChI=1S/C21H24N4O2/c1-4-25(15(3)20(26)23-17-11-7-5-9-14(17)2)13-19-22-18-12-8-6-10-16(18)21(27)24-19/h5-12,15H,4,13H2,1-3H3,(H,23,26)(H,22,24,27). The van der Waals surface area contributed by atoms with Gasteiger partial charge in [0.05, 0.1) is 23.5 Å². The molecule has 0 saturated carbocycles. The van der Waals surface area contributed by atoms with Gasteiger partial charge in [0.25, 0.3) is 5.56 Å². The fourth-order valence-electron chi connectivity index (χ4n) is 3.04. The Morgan fingerprint density at radius 3 is 2.63 bits per heavy atom. The Hall–Kier alpha value is -2.99. The van der Waals surface area contributed by atoms with Crippen molar-refractivity contribution in [2.24, 2.45) is 0 Å². The van der Waals surface area contributed by atoms with E-state index in [1.165, 1.54) is 0 Å². The monoisotopic (exact) mass is 364 g/mol. The quantitative estimate of drug-likeness (QED) is 0.705. The fourth-order valence-corrected chi connectivity index (χ4v) is 3.04. The number of hydrogen-bond donors (Lipinski definition) is 2. The van der Waals surface area contributed by atoms with Crippen LogP contribution in [0.25, 0.3) is 10.9 Å². The number of anilines is 1.